The average Bonchev–Trinajstić information content (AvgIpc) is 2.69. The lowest BCUT2D eigenvalue weighted by atomic mass is 10.00. The first-order valence-corrected chi connectivity index (χ1v) is 10.5. The van der Waals surface area contributed by atoms with Crippen LogP contribution in [0.3, 0.4) is 0 Å². The number of nitrogens with one attached hydrogen (secondary N) is 2. The molecule has 2 aromatic rings. The highest BCUT2D eigenvalue weighted by atomic mass is 35.5. The van der Waals surface area contributed by atoms with Crippen LogP contribution in [0, 0.1) is 5.92 Å². The van der Waals surface area contributed by atoms with Crippen LogP contribution in [-0.4, -0.2) is 31.3 Å². The first kappa shape index (κ1) is 19.3. The molecule has 0 aromatic heterocycles. The number of thioether (sulfide) groups is 1. The highest BCUT2D eigenvalue weighted by Crippen LogP contribution is 2.35. The molecule has 2 unspecified atom stereocenters. The predicted octanol–water partition coefficient (Wildman–Crippen LogP) is 4.28. The standard InChI is InChI=1S/C21H25ClN2OS/c22-19-10-8-18(9-11-19)21(17-6-2-1-3-7-17)26-15-20(25)24-14-16-5-4-12-23-13-16/h1-3,6-11,16,21,23H,4-5,12-15H2,(H,24,25). The van der Waals surface area contributed by atoms with E-state index in [2.05, 4.69) is 22.8 Å². The molecule has 3 nitrogen and oxygen atoms in total. The van der Waals surface area contributed by atoms with Gasteiger partial charge in [0.25, 0.3) is 0 Å². The summed E-state index contributed by atoms with van der Waals surface area (Å²) in [6.45, 7) is 2.87. The predicted molar refractivity (Wildman–Crippen MR) is 111 cm³/mol. The van der Waals surface area contributed by atoms with E-state index in [1.165, 1.54) is 18.4 Å². The molecule has 2 aromatic carbocycles. The van der Waals surface area contributed by atoms with Crippen LogP contribution < -0.4 is 10.6 Å². The minimum absolute atomic E-state index is 0.107. The van der Waals surface area contributed by atoms with Gasteiger partial charge in [-0.05, 0) is 55.1 Å². The smallest absolute Gasteiger partial charge is 0.230 e. The van der Waals surface area contributed by atoms with Crippen LogP contribution in [0.15, 0.2) is 54.6 Å². The maximum atomic E-state index is 12.3. The van der Waals surface area contributed by atoms with Crippen molar-refractivity contribution in [3.8, 4) is 0 Å². The normalized spacial score (nSPS) is 18.3. The molecular weight excluding hydrogens is 364 g/mol. The third-order valence-electron chi connectivity index (χ3n) is 4.64. The Morgan fingerprint density at radius 3 is 2.58 bits per heavy atom. The fourth-order valence-electron chi connectivity index (χ4n) is 3.22. The lowest BCUT2D eigenvalue weighted by molar-refractivity contribution is -0.118. The Morgan fingerprint density at radius 1 is 1.15 bits per heavy atom. The minimum Gasteiger partial charge on any atom is -0.355 e. The molecule has 0 aliphatic carbocycles. The molecule has 0 bridgehead atoms. The topological polar surface area (TPSA) is 41.1 Å². The molecule has 0 radical (unpaired) electrons. The van der Waals surface area contributed by atoms with Crippen LogP contribution in [-0.2, 0) is 4.79 Å². The number of piperidine rings is 1. The first-order valence-electron chi connectivity index (χ1n) is 9.12. The summed E-state index contributed by atoms with van der Waals surface area (Å²) in [5.41, 5.74) is 2.36. The van der Waals surface area contributed by atoms with Gasteiger partial charge in [0.1, 0.15) is 0 Å². The molecule has 0 spiro atoms. The van der Waals surface area contributed by atoms with Gasteiger partial charge in [-0.2, -0.15) is 0 Å². The number of amides is 1. The summed E-state index contributed by atoms with van der Waals surface area (Å²) in [6, 6.07) is 18.2. The maximum Gasteiger partial charge on any atom is 0.230 e. The average molecular weight is 389 g/mol. The van der Waals surface area contributed by atoms with Crippen LogP contribution >= 0.6 is 23.4 Å². The van der Waals surface area contributed by atoms with Gasteiger partial charge < -0.3 is 10.6 Å². The van der Waals surface area contributed by atoms with E-state index < -0.39 is 0 Å². The summed E-state index contributed by atoms with van der Waals surface area (Å²) in [7, 11) is 0. The van der Waals surface area contributed by atoms with Crippen molar-refractivity contribution in [2.24, 2.45) is 5.92 Å². The van der Waals surface area contributed by atoms with E-state index in [0.717, 1.165) is 30.2 Å². The van der Waals surface area contributed by atoms with Crippen molar-refractivity contribution in [3.63, 3.8) is 0 Å². The molecule has 1 aliphatic heterocycles. The zero-order chi connectivity index (χ0) is 18.2. The van der Waals surface area contributed by atoms with Crippen LogP contribution in [0.4, 0.5) is 0 Å². The molecule has 0 saturated carbocycles. The largest absolute Gasteiger partial charge is 0.355 e. The number of carbonyl (C=O) groups excluding carboxylic acids is 1. The van der Waals surface area contributed by atoms with Gasteiger partial charge in [0.15, 0.2) is 0 Å². The minimum atomic E-state index is 0.107. The highest BCUT2D eigenvalue weighted by molar-refractivity contribution is 8.00. The van der Waals surface area contributed by atoms with Gasteiger partial charge in [-0.1, -0.05) is 54.1 Å². The second-order valence-electron chi connectivity index (χ2n) is 6.67. The number of hydrogen-bond donors (Lipinski definition) is 2. The quantitative estimate of drug-likeness (QED) is 0.743. The van der Waals surface area contributed by atoms with Crippen molar-refractivity contribution >= 4 is 29.3 Å². The number of carbonyl (C=O) groups is 1. The fraction of sp³-hybridized carbons (Fsp3) is 0.381. The number of halogens is 1. The van der Waals surface area contributed by atoms with E-state index in [0.29, 0.717) is 11.7 Å². The van der Waals surface area contributed by atoms with Crippen LogP contribution in [0.2, 0.25) is 5.02 Å². The number of benzene rings is 2. The van der Waals surface area contributed by atoms with E-state index in [1.807, 2.05) is 42.5 Å². The monoisotopic (exact) mass is 388 g/mol. The van der Waals surface area contributed by atoms with Crippen molar-refractivity contribution in [1.82, 2.24) is 10.6 Å². The zero-order valence-electron chi connectivity index (χ0n) is 14.8. The molecule has 1 aliphatic rings. The van der Waals surface area contributed by atoms with Crippen LogP contribution in [0.5, 0.6) is 0 Å². The lowest BCUT2D eigenvalue weighted by Gasteiger charge is -2.23. The fourth-order valence-corrected chi connectivity index (χ4v) is 4.46. The molecule has 1 fully saturated rings. The van der Waals surface area contributed by atoms with Gasteiger partial charge in [-0.25, -0.2) is 0 Å². The van der Waals surface area contributed by atoms with Crippen molar-refractivity contribution < 1.29 is 4.79 Å². The van der Waals surface area contributed by atoms with E-state index in [1.54, 1.807) is 11.8 Å². The van der Waals surface area contributed by atoms with Gasteiger partial charge in [-0.15, -0.1) is 11.8 Å². The van der Waals surface area contributed by atoms with Gasteiger partial charge in [-0.3, -0.25) is 4.79 Å². The Hall–Kier alpha value is -1.49. The van der Waals surface area contributed by atoms with Gasteiger partial charge in [0, 0.05) is 11.6 Å². The summed E-state index contributed by atoms with van der Waals surface area (Å²) >= 11 is 7.69. The maximum absolute atomic E-state index is 12.3. The van der Waals surface area contributed by atoms with Crippen LogP contribution in [0.1, 0.15) is 29.2 Å². The van der Waals surface area contributed by atoms with E-state index in [9.17, 15) is 4.79 Å². The molecule has 1 heterocycles. The summed E-state index contributed by atoms with van der Waals surface area (Å²) in [5, 5.41) is 7.34. The van der Waals surface area contributed by atoms with Crippen molar-refractivity contribution in [2.45, 2.75) is 18.1 Å². The van der Waals surface area contributed by atoms with Crippen LogP contribution in [0.25, 0.3) is 0 Å². The van der Waals surface area contributed by atoms with Crippen molar-refractivity contribution in [1.29, 1.82) is 0 Å². The third-order valence-corrected chi connectivity index (χ3v) is 6.20. The van der Waals surface area contributed by atoms with E-state index >= 15 is 0 Å². The Morgan fingerprint density at radius 2 is 1.88 bits per heavy atom. The molecule has 138 valence electrons. The molecule has 26 heavy (non-hydrogen) atoms. The Kier molecular flexibility index (Phi) is 7.42. The Labute approximate surface area is 164 Å². The van der Waals surface area contributed by atoms with Crippen molar-refractivity contribution in [2.75, 3.05) is 25.4 Å². The summed E-state index contributed by atoms with van der Waals surface area (Å²) in [5.74, 6) is 1.11. The molecule has 1 saturated heterocycles. The van der Waals surface area contributed by atoms with Gasteiger partial charge in [0.2, 0.25) is 5.91 Å². The molecule has 3 rings (SSSR count). The Balaban J connectivity index is 1.59. The number of rotatable bonds is 7. The van der Waals surface area contributed by atoms with E-state index in [4.69, 9.17) is 11.6 Å². The first-order chi connectivity index (χ1) is 12.7. The molecule has 5 heteroatoms. The summed E-state index contributed by atoms with van der Waals surface area (Å²) in [6.07, 6.45) is 2.39. The molecule has 1 amide bonds. The van der Waals surface area contributed by atoms with Gasteiger partial charge >= 0.3 is 0 Å². The highest BCUT2D eigenvalue weighted by Gasteiger charge is 2.18. The summed E-state index contributed by atoms with van der Waals surface area (Å²) < 4.78 is 0. The Bertz CT molecular complexity index is 687. The van der Waals surface area contributed by atoms with E-state index in [-0.39, 0.29) is 11.2 Å². The molecule has 2 N–H and O–H groups in total. The SMILES string of the molecule is O=C(CSC(c1ccccc1)c1ccc(Cl)cc1)NCC1CCCNC1. The lowest BCUT2D eigenvalue weighted by Crippen LogP contribution is -2.38. The van der Waals surface area contributed by atoms with Gasteiger partial charge in [0.05, 0.1) is 11.0 Å². The molecular formula is C21H25ClN2OS. The molecule has 2 atom stereocenters. The zero-order valence-corrected chi connectivity index (χ0v) is 16.4. The second kappa shape index (κ2) is 10.0. The second-order valence-corrected chi connectivity index (χ2v) is 8.20. The summed E-state index contributed by atoms with van der Waals surface area (Å²) in [4.78, 5) is 12.3. The van der Waals surface area contributed by atoms with Crippen molar-refractivity contribution in [3.05, 3.63) is 70.7 Å². The number of hydrogen-bond acceptors (Lipinski definition) is 3. The third kappa shape index (κ3) is 5.76.